The van der Waals surface area contributed by atoms with E-state index in [4.69, 9.17) is 0 Å². The molecule has 2 heterocycles. The van der Waals surface area contributed by atoms with E-state index in [-0.39, 0.29) is 5.91 Å². The van der Waals surface area contributed by atoms with Crippen LogP contribution in [0, 0.1) is 0 Å². The number of amides is 1. The molecule has 5 nitrogen and oxygen atoms in total. The molecule has 0 aromatic rings. The molecule has 1 amide bonds. The summed E-state index contributed by atoms with van der Waals surface area (Å²) in [5.41, 5.74) is 0. The molecule has 0 spiro atoms. The summed E-state index contributed by atoms with van der Waals surface area (Å²) in [6, 6.07) is 1.14. The van der Waals surface area contributed by atoms with Crippen LogP contribution in [0.25, 0.3) is 0 Å². The van der Waals surface area contributed by atoms with Gasteiger partial charge in [0, 0.05) is 31.6 Å². The molecule has 0 aromatic carbocycles. The van der Waals surface area contributed by atoms with E-state index < -0.39 is 0 Å². The summed E-state index contributed by atoms with van der Waals surface area (Å²) in [5, 5.41) is 6.43. The van der Waals surface area contributed by atoms with Crippen molar-refractivity contribution in [3.63, 3.8) is 0 Å². The van der Waals surface area contributed by atoms with Gasteiger partial charge in [0.2, 0.25) is 5.91 Å². The van der Waals surface area contributed by atoms with Crippen molar-refractivity contribution in [2.75, 3.05) is 46.8 Å². The molecule has 0 aliphatic carbocycles. The Bertz CT molecular complexity index is 294. The van der Waals surface area contributed by atoms with Gasteiger partial charge in [-0.1, -0.05) is 0 Å². The monoisotopic (exact) mass is 282 g/mol. The second-order valence-corrected chi connectivity index (χ2v) is 6.38. The molecule has 0 radical (unpaired) electrons. The summed E-state index contributed by atoms with van der Waals surface area (Å²) in [4.78, 5) is 16.6. The van der Waals surface area contributed by atoms with Crippen LogP contribution in [0.3, 0.4) is 0 Å². The standard InChI is InChI=1S/C15H30N4O/c1-18(2)14-5-9-19(10-6-14)11-8-17-15(20)12-13-4-3-7-16-13/h13-14,16H,3-12H2,1-2H3,(H,17,20). The Balaban J connectivity index is 1.53. The zero-order valence-electron chi connectivity index (χ0n) is 13.0. The predicted molar refractivity (Wildman–Crippen MR) is 81.8 cm³/mol. The number of hydrogen-bond acceptors (Lipinski definition) is 4. The Hall–Kier alpha value is -0.650. The molecule has 2 rings (SSSR count). The fraction of sp³-hybridized carbons (Fsp3) is 0.933. The van der Waals surface area contributed by atoms with Crippen LogP contribution in [0.5, 0.6) is 0 Å². The Morgan fingerprint density at radius 1 is 1.30 bits per heavy atom. The molecule has 0 aromatic heterocycles. The molecule has 2 N–H and O–H groups in total. The molecular weight excluding hydrogens is 252 g/mol. The van der Waals surface area contributed by atoms with Gasteiger partial charge in [0.25, 0.3) is 0 Å². The summed E-state index contributed by atoms with van der Waals surface area (Å²) in [6.45, 7) is 5.16. The molecular formula is C15H30N4O. The van der Waals surface area contributed by atoms with E-state index in [1.807, 2.05) is 0 Å². The van der Waals surface area contributed by atoms with Crippen molar-refractivity contribution in [2.45, 2.75) is 44.2 Å². The molecule has 1 unspecified atom stereocenters. The largest absolute Gasteiger partial charge is 0.355 e. The minimum atomic E-state index is 0.201. The van der Waals surface area contributed by atoms with Gasteiger partial charge in [-0.05, 0) is 59.4 Å². The van der Waals surface area contributed by atoms with Crippen molar-refractivity contribution in [1.29, 1.82) is 0 Å². The van der Waals surface area contributed by atoms with Crippen molar-refractivity contribution in [1.82, 2.24) is 20.4 Å². The summed E-state index contributed by atoms with van der Waals surface area (Å²) < 4.78 is 0. The minimum absolute atomic E-state index is 0.201. The minimum Gasteiger partial charge on any atom is -0.355 e. The number of likely N-dealkylation sites (tertiary alicyclic amines) is 1. The van der Waals surface area contributed by atoms with Crippen LogP contribution in [0.15, 0.2) is 0 Å². The van der Waals surface area contributed by atoms with Crippen molar-refractivity contribution < 1.29 is 4.79 Å². The van der Waals surface area contributed by atoms with Gasteiger partial charge in [-0.15, -0.1) is 0 Å². The fourth-order valence-corrected chi connectivity index (χ4v) is 3.24. The van der Waals surface area contributed by atoms with Crippen LogP contribution in [0.1, 0.15) is 32.1 Å². The van der Waals surface area contributed by atoms with Gasteiger partial charge >= 0.3 is 0 Å². The van der Waals surface area contributed by atoms with Crippen LogP contribution < -0.4 is 10.6 Å². The van der Waals surface area contributed by atoms with Crippen molar-refractivity contribution in [3.05, 3.63) is 0 Å². The van der Waals surface area contributed by atoms with Gasteiger partial charge in [0.15, 0.2) is 0 Å². The van der Waals surface area contributed by atoms with E-state index in [0.29, 0.717) is 12.5 Å². The number of carbonyl (C=O) groups excluding carboxylic acids is 1. The van der Waals surface area contributed by atoms with Gasteiger partial charge in [-0.25, -0.2) is 0 Å². The maximum absolute atomic E-state index is 11.8. The Morgan fingerprint density at radius 3 is 2.65 bits per heavy atom. The summed E-state index contributed by atoms with van der Waals surface area (Å²) in [5.74, 6) is 0.201. The van der Waals surface area contributed by atoms with Gasteiger partial charge in [0.1, 0.15) is 0 Å². The quantitative estimate of drug-likeness (QED) is 0.734. The zero-order valence-corrected chi connectivity index (χ0v) is 13.0. The van der Waals surface area contributed by atoms with Gasteiger partial charge in [0.05, 0.1) is 0 Å². The van der Waals surface area contributed by atoms with Gasteiger partial charge in [-0.3, -0.25) is 4.79 Å². The van der Waals surface area contributed by atoms with Gasteiger partial charge in [-0.2, -0.15) is 0 Å². The molecule has 2 saturated heterocycles. The van der Waals surface area contributed by atoms with Crippen LogP contribution in [-0.4, -0.2) is 74.6 Å². The lowest BCUT2D eigenvalue weighted by molar-refractivity contribution is -0.121. The maximum atomic E-state index is 11.8. The van der Waals surface area contributed by atoms with E-state index in [1.54, 1.807) is 0 Å². The molecule has 2 fully saturated rings. The van der Waals surface area contributed by atoms with Crippen molar-refractivity contribution in [3.8, 4) is 0 Å². The molecule has 0 bridgehead atoms. The second-order valence-electron chi connectivity index (χ2n) is 6.38. The summed E-state index contributed by atoms with van der Waals surface area (Å²) >= 11 is 0. The van der Waals surface area contributed by atoms with Crippen LogP contribution in [0.2, 0.25) is 0 Å². The molecule has 5 heteroatoms. The molecule has 1 atom stereocenters. The summed E-state index contributed by atoms with van der Waals surface area (Å²) in [7, 11) is 4.33. The third kappa shape index (κ3) is 5.04. The molecule has 20 heavy (non-hydrogen) atoms. The second kappa shape index (κ2) is 7.96. The van der Waals surface area contributed by atoms with E-state index in [9.17, 15) is 4.79 Å². The first-order valence-electron chi connectivity index (χ1n) is 8.04. The molecule has 2 aliphatic heterocycles. The number of rotatable bonds is 6. The third-order valence-electron chi connectivity index (χ3n) is 4.63. The highest BCUT2D eigenvalue weighted by atomic mass is 16.1. The number of piperidine rings is 1. The average molecular weight is 282 g/mol. The fourth-order valence-electron chi connectivity index (χ4n) is 3.24. The number of hydrogen-bond donors (Lipinski definition) is 2. The molecule has 116 valence electrons. The SMILES string of the molecule is CN(C)C1CCN(CCNC(=O)CC2CCCN2)CC1. The van der Waals surface area contributed by atoms with E-state index in [0.717, 1.165) is 45.2 Å². The lowest BCUT2D eigenvalue weighted by Gasteiger charge is -2.35. The highest BCUT2D eigenvalue weighted by molar-refractivity contribution is 5.76. The van der Waals surface area contributed by atoms with Crippen molar-refractivity contribution >= 4 is 5.91 Å². The highest BCUT2D eigenvalue weighted by Gasteiger charge is 2.20. The molecule has 2 aliphatic rings. The van der Waals surface area contributed by atoms with E-state index >= 15 is 0 Å². The zero-order chi connectivity index (χ0) is 14.4. The first-order valence-corrected chi connectivity index (χ1v) is 8.04. The number of nitrogens with zero attached hydrogens (tertiary/aromatic N) is 2. The average Bonchev–Trinajstić information content (AvgIpc) is 2.92. The topological polar surface area (TPSA) is 47.6 Å². The van der Waals surface area contributed by atoms with Crippen molar-refractivity contribution in [2.24, 2.45) is 0 Å². The Kier molecular flexibility index (Phi) is 6.26. The third-order valence-corrected chi connectivity index (χ3v) is 4.63. The van der Waals surface area contributed by atoms with E-state index in [1.165, 1.54) is 19.3 Å². The number of carbonyl (C=O) groups is 1. The van der Waals surface area contributed by atoms with Crippen LogP contribution >= 0.6 is 0 Å². The lowest BCUT2D eigenvalue weighted by atomic mass is 10.0. The first kappa shape index (κ1) is 15.7. The van der Waals surface area contributed by atoms with E-state index in [2.05, 4.69) is 34.5 Å². The smallest absolute Gasteiger partial charge is 0.221 e. The first-order chi connectivity index (χ1) is 9.65. The normalized spacial score (nSPS) is 25.2. The van der Waals surface area contributed by atoms with Crippen LogP contribution in [-0.2, 0) is 4.79 Å². The summed E-state index contributed by atoms with van der Waals surface area (Å²) in [6.07, 6.45) is 5.48. The molecule has 0 saturated carbocycles. The maximum Gasteiger partial charge on any atom is 0.221 e. The van der Waals surface area contributed by atoms with Gasteiger partial charge < -0.3 is 20.4 Å². The number of nitrogens with one attached hydrogen (secondary N) is 2. The Morgan fingerprint density at radius 2 is 2.05 bits per heavy atom. The predicted octanol–water partition coefficient (Wildman–Crippen LogP) is 0.271. The Labute approximate surface area is 123 Å². The lowest BCUT2D eigenvalue weighted by Crippen LogP contribution is -2.44. The highest BCUT2D eigenvalue weighted by Crippen LogP contribution is 2.13. The van der Waals surface area contributed by atoms with Crippen LogP contribution in [0.4, 0.5) is 0 Å².